The molecule has 0 saturated heterocycles. The summed E-state index contributed by atoms with van der Waals surface area (Å²) in [6.07, 6.45) is 68.5. The molecule has 0 bridgehead atoms. The number of aliphatic hydroxyl groups is 1. The van der Waals surface area contributed by atoms with Crippen LogP contribution in [-0.2, 0) is 42.2 Å². The van der Waals surface area contributed by atoms with Crippen LogP contribution in [0.15, 0.2) is 72.9 Å². The van der Waals surface area contributed by atoms with Crippen LogP contribution in [0.25, 0.3) is 0 Å². The van der Waals surface area contributed by atoms with Gasteiger partial charge >= 0.3 is 25.7 Å². The summed E-state index contributed by atoms with van der Waals surface area (Å²) < 4.78 is 39.7. The fourth-order valence-electron chi connectivity index (χ4n) is 8.79. The molecule has 0 spiro atoms. The summed E-state index contributed by atoms with van der Waals surface area (Å²) >= 11 is 0. The minimum absolute atomic E-state index is 0.156. The molecule has 0 radical (unpaired) electrons. The molecule has 0 fully saturated rings. The molecule has 0 aliphatic carbocycles. The number of esters is 3. The monoisotopic (exact) mass is 1120 g/mol. The van der Waals surface area contributed by atoms with E-state index in [-0.39, 0.29) is 25.9 Å². The second-order valence-corrected chi connectivity index (χ2v) is 22.7. The van der Waals surface area contributed by atoms with Gasteiger partial charge in [-0.15, -0.1) is 0 Å². The van der Waals surface area contributed by atoms with Crippen molar-refractivity contribution in [1.29, 1.82) is 0 Å². The van der Waals surface area contributed by atoms with Gasteiger partial charge in [0.15, 0.2) is 6.10 Å². The lowest BCUT2D eigenvalue weighted by molar-refractivity contribution is -0.161. The lowest BCUT2D eigenvalue weighted by Gasteiger charge is -2.21. The fraction of sp³-hybridized carbons (Fsp3) is 0.773. The van der Waals surface area contributed by atoms with Gasteiger partial charge in [-0.25, -0.2) is 4.57 Å². The lowest BCUT2D eigenvalue weighted by Crippen LogP contribution is -2.30. The van der Waals surface area contributed by atoms with E-state index in [9.17, 15) is 28.9 Å². The molecule has 0 rings (SSSR count). The first-order valence-electron chi connectivity index (χ1n) is 31.8. The van der Waals surface area contributed by atoms with Gasteiger partial charge in [0.1, 0.15) is 12.7 Å². The number of aliphatic hydroxyl groups excluding tert-OH is 1. The van der Waals surface area contributed by atoms with Crippen LogP contribution >= 0.6 is 7.82 Å². The van der Waals surface area contributed by atoms with Crippen LogP contribution in [0, 0.1) is 0 Å². The molecule has 78 heavy (non-hydrogen) atoms. The van der Waals surface area contributed by atoms with E-state index in [4.69, 9.17) is 23.3 Å². The Hall–Kier alpha value is -3.08. The Morgan fingerprint density at radius 3 is 1.05 bits per heavy atom. The van der Waals surface area contributed by atoms with Gasteiger partial charge in [0.05, 0.1) is 19.8 Å². The minimum Gasteiger partial charge on any atom is -0.462 e. The molecule has 3 atom stereocenters. The molecular weight excluding hydrogens is 1000 g/mol. The Morgan fingerprint density at radius 2 is 0.667 bits per heavy atom. The molecule has 2 N–H and O–H groups in total. The Labute approximate surface area is 478 Å². The van der Waals surface area contributed by atoms with E-state index < -0.39 is 57.8 Å². The summed E-state index contributed by atoms with van der Waals surface area (Å²) in [6, 6.07) is 0. The van der Waals surface area contributed by atoms with E-state index in [1.54, 1.807) is 0 Å². The number of phosphoric acid groups is 1. The van der Waals surface area contributed by atoms with Crippen molar-refractivity contribution >= 4 is 25.7 Å². The second kappa shape index (κ2) is 60.0. The maximum atomic E-state index is 13.0. The number of rotatable bonds is 59. The Kier molecular flexibility index (Phi) is 57.7. The van der Waals surface area contributed by atoms with Gasteiger partial charge in [-0.2, -0.15) is 0 Å². The largest absolute Gasteiger partial charge is 0.472 e. The number of hydrogen-bond acceptors (Lipinski definition) is 10. The number of carbonyl (C=O) groups is 3. The third-order valence-corrected chi connectivity index (χ3v) is 14.6. The van der Waals surface area contributed by atoms with Crippen LogP contribution < -0.4 is 0 Å². The predicted octanol–water partition coefficient (Wildman–Crippen LogP) is 19.3. The molecule has 452 valence electrons. The summed E-state index contributed by atoms with van der Waals surface area (Å²) in [6.45, 7) is 4.52. The highest BCUT2D eigenvalue weighted by Crippen LogP contribution is 2.43. The van der Waals surface area contributed by atoms with Crippen molar-refractivity contribution in [2.45, 2.75) is 303 Å². The molecule has 0 saturated carbocycles. The Bertz CT molecular complexity index is 1590. The molecule has 12 heteroatoms. The topological polar surface area (TPSA) is 155 Å². The highest BCUT2D eigenvalue weighted by atomic mass is 31.2. The first kappa shape index (κ1) is 74.9. The number of ether oxygens (including phenoxy) is 3. The van der Waals surface area contributed by atoms with Gasteiger partial charge in [-0.05, 0) is 89.9 Å². The molecule has 0 aliphatic heterocycles. The van der Waals surface area contributed by atoms with Crippen LogP contribution in [0.3, 0.4) is 0 Å². The van der Waals surface area contributed by atoms with Crippen LogP contribution in [0.1, 0.15) is 290 Å². The predicted molar refractivity (Wildman–Crippen MR) is 325 cm³/mol. The highest BCUT2D eigenvalue weighted by molar-refractivity contribution is 7.47. The van der Waals surface area contributed by atoms with Crippen molar-refractivity contribution in [3.63, 3.8) is 0 Å². The maximum Gasteiger partial charge on any atom is 0.472 e. The number of unbranched alkanes of at least 4 members (excludes halogenated alkanes) is 30. The zero-order valence-corrected chi connectivity index (χ0v) is 51.0. The van der Waals surface area contributed by atoms with Crippen LogP contribution in [0.5, 0.6) is 0 Å². The van der Waals surface area contributed by atoms with Gasteiger partial charge in [0.25, 0.3) is 0 Å². The summed E-state index contributed by atoms with van der Waals surface area (Å²) in [4.78, 5) is 48.7. The van der Waals surface area contributed by atoms with Crippen molar-refractivity contribution in [2.75, 3.05) is 26.4 Å². The standard InChI is InChI=1S/C66H117O11P/c1-4-7-10-13-16-19-22-25-28-30-31-33-35-37-40-43-46-49-52-55-64(68)73-59-63(77-66(70)57-54-51-48-45-42-39-36-32-29-26-23-20-17-14-11-8-5-2)61-75-78(71,72)74-60-62(58-67)76-65(69)56-53-50-47-44-41-38-34-27-24-21-18-15-12-9-6-3/h9,12,16,18-19,21,25,27-28,31,33-34,62-63,67H,4-8,10-11,13-15,17,20,22-24,26,29-30,32,35-61H2,1-3H3,(H,71,72)/b12-9-,19-16-,21-18-,28-25-,33-31-,34-27-. The summed E-state index contributed by atoms with van der Waals surface area (Å²) in [7, 11) is -4.76. The molecule has 0 amide bonds. The molecule has 3 unspecified atom stereocenters. The fourth-order valence-corrected chi connectivity index (χ4v) is 9.57. The van der Waals surface area contributed by atoms with E-state index in [0.29, 0.717) is 19.3 Å². The number of carbonyl (C=O) groups excluding carboxylic acids is 3. The molecule has 11 nitrogen and oxygen atoms in total. The highest BCUT2D eigenvalue weighted by Gasteiger charge is 2.28. The third-order valence-electron chi connectivity index (χ3n) is 13.6. The van der Waals surface area contributed by atoms with Crippen LogP contribution in [-0.4, -0.2) is 66.5 Å². The summed E-state index contributed by atoms with van der Waals surface area (Å²) in [5.41, 5.74) is 0. The van der Waals surface area contributed by atoms with Crippen molar-refractivity contribution in [3.05, 3.63) is 72.9 Å². The first-order valence-corrected chi connectivity index (χ1v) is 33.3. The van der Waals surface area contributed by atoms with E-state index in [1.807, 2.05) is 0 Å². The third kappa shape index (κ3) is 57.6. The number of allylic oxidation sites excluding steroid dienone is 12. The normalized spacial score (nSPS) is 13.8. The van der Waals surface area contributed by atoms with Crippen molar-refractivity contribution in [3.8, 4) is 0 Å². The molecule has 0 heterocycles. The quantitative estimate of drug-likeness (QED) is 0.0197. The van der Waals surface area contributed by atoms with Gasteiger partial charge in [-0.1, -0.05) is 254 Å². The Morgan fingerprint density at radius 1 is 0.372 bits per heavy atom. The van der Waals surface area contributed by atoms with Gasteiger partial charge in [-0.3, -0.25) is 23.4 Å². The zero-order chi connectivity index (χ0) is 56.9. The number of phosphoric ester groups is 1. The zero-order valence-electron chi connectivity index (χ0n) is 50.1. The molecular formula is C66H117O11P. The summed E-state index contributed by atoms with van der Waals surface area (Å²) in [5, 5.41) is 9.84. The molecule has 0 aromatic heterocycles. The minimum atomic E-state index is -4.76. The first-order chi connectivity index (χ1) is 38.2. The van der Waals surface area contributed by atoms with Crippen LogP contribution in [0.4, 0.5) is 0 Å². The molecule has 0 aliphatic rings. The van der Waals surface area contributed by atoms with E-state index in [0.717, 1.165) is 122 Å². The van der Waals surface area contributed by atoms with Gasteiger partial charge in [0, 0.05) is 19.3 Å². The smallest absolute Gasteiger partial charge is 0.462 e. The average molecular weight is 1120 g/mol. The lowest BCUT2D eigenvalue weighted by atomic mass is 10.0. The number of hydrogen-bond donors (Lipinski definition) is 2. The van der Waals surface area contributed by atoms with Gasteiger partial charge < -0.3 is 24.2 Å². The molecule has 0 aromatic rings. The van der Waals surface area contributed by atoms with Crippen molar-refractivity contribution < 1.29 is 52.2 Å². The second-order valence-electron chi connectivity index (χ2n) is 21.2. The van der Waals surface area contributed by atoms with Gasteiger partial charge in [0.2, 0.25) is 0 Å². The van der Waals surface area contributed by atoms with Crippen molar-refractivity contribution in [1.82, 2.24) is 0 Å². The van der Waals surface area contributed by atoms with Crippen molar-refractivity contribution in [2.24, 2.45) is 0 Å². The Balaban J connectivity index is 4.72. The average Bonchev–Trinajstić information content (AvgIpc) is 3.43. The van der Waals surface area contributed by atoms with E-state index >= 15 is 0 Å². The maximum absolute atomic E-state index is 13.0. The van der Waals surface area contributed by atoms with E-state index in [1.165, 1.54) is 109 Å². The van der Waals surface area contributed by atoms with Crippen LogP contribution in [0.2, 0.25) is 0 Å². The molecule has 0 aromatic carbocycles. The van der Waals surface area contributed by atoms with E-state index in [2.05, 4.69) is 93.7 Å². The SMILES string of the molecule is CC/C=C\C/C=C\C/C=C\CCCCCCCC(=O)OC(CO)COP(=O)(O)OCC(COC(=O)CCCCCCCC/C=C\C/C=C\C/C=C\CCCCC)OC(=O)CCCCCCCCCCCCCCCCCCC. The summed E-state index contributed by atoms with van der Waals surface area (Å²) in [5.74, 6) is -1.48.